The second kappa shape index (κ2) is 6.52. The molecule has 25 heavy (non-hydrogen) atoms. The number of thioether (sulfide) groups is 1. The number of nitrogens with zero attached hydrogens (tertiary/aromatic N) is 3. The average molecular weight is 350 g/mol. The molecule has 1 aliphatic rings. The maximum Gasteiger partial charge on any atom is 0.244 e. The second-order valence-corrected chi connectivity index (χ2v) is 6.49. The molecule has 6 nitrogen and oxygen atoms in total. The number of nitrogens with one attached hydrogen (secondary N) is 1. The number of fused-ring (bicyclic) bond motifs is 2. The molecule has 0 unspecified atom stereocenters. The van der Waals surface area contributed by atoms with Crippen molar-refractivity contribution >= 4 is 45.9 Å². The number of rotatable bonds is 3. The van der Waals surface area contributed by atoms with E-state index >= 15 is 0 Å². The van der Waals surface area contributed by atoms with Crippen LogP contribution in [0.3, 0.4) is 0 Å². The van der Waals surface area contributed by atoms with Crippen molar-refractivity contribution in [2.45, 2.75) is 5.03 Å². The molecular formula is C18H14N4O2S. The molecule has 2 heterocycles. The van der Waals surface area contributed by atoms with Crippen molar-refractivity contribution in [2.24, 2.45) is 0 Å². The first-order valence-electron chi connectivity index (χ1n) is 7.74. The molecule has 1 aliphatic heterocycles. The molecule has 0 aliphatic carbocycles. The molecule has 7 heteroatoms. The number of para-hydroxylation sites is 3. The Labute approximate surface area is 148 Å². The van der Waals surface area contributed by atoms with Crippen LogP contribution in [0.2, 0.25) is 0 Å². The summed E-state index contributed by atoms with van der Waals surface area (Å²) in [6.45, 7) is 0.0287. The fraction of sp³-hybridized carbons (Fsp3) is 0.111. The Bertz CT molecular complexity index is 971. The van der Waals surface area contributed by atoms with Crippen molar-refractivity contribution in [2.75, 3.05) is 22.5 Å². The van der Waals surface area contributed by atoms with E-state index in [1.54, 1.807) is 6.07 Å². The van der Waals surface area contributed by atoms with Crippen LogP contribution in [-0.2, 0) is 9.59 Å². The van der Waals surface area contributed by atoms with E-state index in [1.165, 1.54) is 23.0 Å². The quantitative estimate of drug-likeness (QED) is 0.581. The standard InChI is InChI=1S/C18H14N4O2S/c23-16-9-22(15-8-4-3-7-14(15)21-16)17(24)10-25-18-12-5-1-2-6-13(12)19-11-20-18/h1-8,11H,9-10H2,(H,21,23). The summed E-state index contributed by atoms with van der Waals surface area (Å²) < 4.78 is 0. The summed E-state index contributed by atoms with van der Waals surface area (Å²) in [5.41, 5.74) is 2.22. The van der Waals surface area contributed by atoms with E-state index in [2.05, 4.69) is 15.3 Å². The van der Waals surface area contributed by atoms with Gasteiger partial charge >= 0.3 is 0 Å². The van der Waals surface area contributed by atoms with Gasteiger partial charge < -0.3 is 10.2 Å². The van der Waals surface area contributed by atoms with Gasteiger partial charge in [0.1, 0.15) is 17.9 Å². The minimum atomic E-state index is -0.190. The molecule has 2 amide bonds. The van der Waals surface area contributed by atoms with Crippen LogP contribution in [0.4, 0.5) is 11.4 Å². The lowest BCUT2D eigenvalue weighted by atomic mass is 10.2. The summed E-state index contributed by atoms with van der Waals surface area (Å²) in [6.07, 6.45) is 1.50. The highest BCUT2D eigenvalue weighted by molar-refractivity contribution is 8.00. The molecule has 124 valence electrons. The summed E-state index contributed by atoms with van der Waals surface area (Å²) in [5, 5.41) is 4.46. The summed E-state index contributed by atoms with van der Waals surface area (Å²) >= 11 is 1.35. The third-order valence-corrected chi connectivity index (χ3v) is 4.90. The van der Waals surface area contributed by atoms with E-state index in [0.29, 0.717) is 5.69 Å². The fourth-order valence-electron chi connectivity index (χ4n) is 2.76. The smallest absolute Gasteiger partial charge is 0.244 e. The van der Waals surface area contributed by atoms with Crippen molar-refractivity contribution in [1.82, 2.24) is 9.97 Å². The van der Waals surface area contributed by atoms with Crippen molar-refractivity contribution in [3.8, 4) is 0 Å². The van der Waals surface area contributed by atoms with Gasteiger partial charge in [0.05, 0.1) is 22.6 Å². The van der Waals surface area contributed by atoms with Gasteiger partial charge in [-0.15, -0.1) is 0 Å². The highest BCUT2D eigenvalue weighted by Crippen LogP contribution is 2.30. The molecule has 0 radical (unpaired) electrons. The predicted octanol–water partition coefficient (Wildman–Crippen LogP) is 2.71. The van der Waals surface area contributed by atoms with Gasteiger partial charge in [0.2, 0.25) is 11.8 Å². The Morgan fingerprint density at radius 2 is 1.92 bits per heavy atom. The first-order chi connectivity index (χ1) is 12.2. The van der Waals surface area contributed by atoms with Crippen LogP contribution >= 0.6 is 11.8 Å². The zero-order valence-corrected chi connectivity index (χ0v) is 14.0. The van der Waals surface area contributed by atoms with E-state index < -0.39 is 0 Å². The maximum atomic E-state index is 12.7. The van der Waals surface area contributed by atoms with Gasteiger partial charge in [-0.1, -0.05) is 42.1 Å². The maximum absolute atomic E-state index is 12.7. The van der Waals surface area contributed by atoms with Crippen LogP contribution in [0, 0.1) is 0 Å². The van der Waals surface area contributed by atoms with Gasteiger partial charge in [-0.25, -0.2) is 9.97 Å². The number of benzene rings is 2. The first kappa shape index (κ1) is 15.6. The monoisotopic (exact) mass is 350 g/mol. The predicted molar refractivity (Wildman–Crippen MR) is 97.7 cm³/mol. The Morgan fingerprint density at radius 3 is 2.84 bits per heavy atom. The zero-order valence-electron chi connectivity index (χ0n) is 13.2. The van der Waals surface area contributed by atoms with Gasteiger partial charge in [0, 0.05) is 5.39 Å². The largest absolute Gasteiger partial charge is 0.323 e. The molecule has 3 aromatic rings. The Balaban J connectivity index is 1.56. The molecule has 1 aromatic heterocycles. The number of anilines is 2. The zero-order chi connectivity index (χ0) is 17.2. The van der Waals surface area contributed by atoms with E-state index in [1.807, 2.05) is 42.5 Å². The number of hydrogen-bond acceptors (Lipinski definition) is 5. The number of hydrogen-bond donors (Lipinski definition) is 1. The Kier molecular flexibility index (Phi) is 4.07. The minimum Gasteiger partial charge on any atom is -0.323 e. The van der Waals surface area contributed by atoms with Crippen molar-refractivity contribution < 1.29 is 9.59 Å². The van der Waals surface area contributed by atoms with Crippen molar-refractivity contribution in [1.29, 1.82) is 0 Å². The molecule has 0 spiro atoms. The van der Waals surface area contributed by atoms with Gasteiger partial charge in [0.25, 0.3) is 0 Å². The molecule has 0 saturated heterocycles. The molecule has 0 saturated carbocycles. The number of carbonyl (C=O) groups excluding carboxylic acids is 2. The van der Waals surface area contributed by atoms with Crippen LogP contribution in [0.15, 0.2) is 59.9 Å². The van der Waals surface area contributed by atoms with Gasteiger partial charge in [-0.2, -0.15) is 0 Å². The molecular weight excluding hydrogens is 336 g/mol. The van der Waals surface area contributed by atoms with Gasteiger partial charge in [0.15, 0.2) is 0 Å². The normalized spacial score (nSPS) is 13.4. The summed E-state index contributed by atoms with van der Waals surface area (Å²) in [5.74, 6) is -0.123. The van der Waals surface area contributed by atoms with E-state index in [-0.39, 0.29) is 24.1 Å². The van der Waals surface area contributed by atoms with E-state index in [0.717, 1.165) is 21.6 Å². The second-order valence-electron chi connectivity index (χ2n) is 5.53. The lowest BCUT2D eigenvalue weighted by Gasteiger charge is -2.29. The van der Waals surface area contributed by atoms with Crippen LogP contribution < -0.4 is 10.2 Å². The topological polar surface area (TPSA) is 75.2 Å². The lowest BCUT2D eigenvalue weighted by molar-refractivity contribution is -0.120. The van der Waals surface area contributed by atoms with Gasteiger partial charge in [-0.05, 0) is 18.2 Å². The molecule has 0 bridgehead atoms. The third-order valence-electron chi connectivity index (χ3n) is 3.91. The number of amides is 2. The highest BCUT2D eigenvalue weighted by Gasteiger charge is 2.26. The third kappa shape index (κ3) is 3.06. The van der Waals surface area contributed by atoms with E-state index in [4.69, 9.17) is 0 Å². The van der Waals surface area contributed by atoms with E-state index in [9.17, 15) is 9.59 Å². The number of carbonyl (C=O) groups is 2. The molecule has 1 N–H and O–H groups in total. The highest BCUT2D eigenvalue weighted by atomic mass is 32.2. The van der Waals surface area contributed by atoms with Gasteiger partial charge in [-0.3, -0.25) is 9.59 Å². The fourth-order valence-corrected chi connectivity index (χ4v) is 3.62. The van der Waals surface area contributed by atoms with Crippen LogP contribution in [0.25, 0.3) is 10.9 Å². The molecule has 2 aromatic carbocycles. The Morgan fingerprint density at radius 1 is 1.12 bits per heavy atom. The average Bonchev–Trinajstić information content (AvgIpc) is 2.65. The Hall–Kier alpha value is -2.93. The first-order valence-corrected chi connectivity index (χ1v) is 8.73. The van der Waals surface area contributed by atoms with Crippen LogP contribution in [0.5, 0.6) is 0 Å². The summed E-state index contributed by atoms with van der Waals surface area (Å²) in [6, 6.07) is 15.0. The number of aromatic nitrogens is 2. The van der Waals surface area contributed by atoms with Crippen LogP contribution in [0.1, 0.15) is 0 Å². The summed E-state index contributed by atoms with van der Waals surface area (Å²) in [4.78, 5) is 34.6. The molecule has 4 rings (SSSR count). The lowest BCUT2D eigenvalue weighted by Crippen LogP contribution is -2.43. The molecule has 0 fully saturated rings. The van der Waals surface area contributed by atoms with Crippen molar-refractivity contribution in [3.05, 3.63) is 54.9 Å². The minimum absolute atomic E-state index is 0.0287. The summed E-state index contributed by atoms with van der Waals surface area (Å²) in [7, 11) is 0. The van der Waals surface area contributed by atoms with Crippen molar-refractivity contribution in [3.63, 3.8) is 0 Å². The SMILES string of the molecule is O=C1CN(C(=O)CSc2ncnc3ccccc23)c2ccccc2N1. The van der Waals surface area contributed by atoms with Crippen LogP contribution in [-0.4, -0.2) is 34.1 Å². The molecule has 0 atom stereocenters.